The van der Waals surface area contributed by atoms with Gasteiger partial charge in [-0.15, -0.1) is 0 Å². The molecule has 1 saturated heterocycles. The summed E-state index contributed by atoms with van der Waals surface area (Å²) >= 11 is 3.28. The topological polar surface area (TPSA) is 72.7 Å². The molecule has 0 aromatic heterocycles. The number of carbonyl (C=O) groups is 1. The Labute approximate surface area is 122 Å². The normalized spacial score (nSPS) is 18.9. The van der Waals surface area contributed by atoms with Gasteiger partial charge in [0.25, 0.3) is 11.6 Å². The van der Waals surface area contributed by atoms with Crippen LogP contribution in [-0.2, 0) is 4.74 Å². The fraction of sp³-hybridized carbons (Fsp3) is 0.417. The van der Waals surface area contributed by atoms with E-state index in [1.807, 2.05) is 0 Å². The highest BCUT2D eigenvalue weighted by atomic mass is 79.9. The van der Waals surface area contributed by atoms with Gasteiger partial charge in [0.15, 0.2) is 0 Å². The van der Waals surface area contributed by atoms with Crippen LogP contribution in [0.4, 0.5) is 10.1 Å². The van der Waals surface area contributed by atoms with E-state index in [4.69, 9.17) is 4.74 Å². The summed E-state index contributed by atoms with van der Waals surface area (Å²) in [5.41, 5.74) is -0.626. The van der Waals surface area contributed by atoms with Gasteiger partial charge >= 0.3 is 0 Å². The molecule has 1 unspecified atom stereocenters. The Morgan fingerprint density at radius 3 is 3.00 bits per heavy atom. The molecule has 6 nitrogen and oxygen atoms in total. The van der Waals surface area contributed by atoms with E-state index < -0.39 is 22.3 Å². The van der Waals surface area contributed by atoms with Gasteiger partial charge in [-0.2, -0.15) is 0 Å². The lowest BCUT2D eigenvalue weighted by atomic mass is 10.1. The molecular formula is C12H12BrFN2O4. The van der Waals surface area contributed by atoms with E-state index in [0.717, 1.165) is 18.2 Å². The number of hydrogen-bond acceptors (Lipinski definition) is 4. The van der Waals surface area contributed by atoms with E-state index in [1.54, 1.807) is 0 Å². The molecule has 1 aromatic carbocycles. The van der Waals surface area contributed by atoms with Gasteiger partial charge in [-0.1, -0.05) is 15.9 Å². The van der Waals surface area contributed by atoms with Crippen molar-refractivity contribution in [2.24, 2.45) is 0 Å². The SMILES string of the molecule is O=C(c1ccc(F)cc1[N+](=O)[O-])N1CCOCC1CBr. The summed E-state index contributed by atoms with van der Waals surface area (Å²) in [7, 11) is 0. The molecule has 0 aliphatic carbocycles. The Balaban J connectivity index is 2.35. The Bertz CT molecular complexity index is 540. The van der Waals surface area contributed by atoms with Crippen LogP contribution in [0.3, 0.4) is 0 Å². The van der Waals surface area contributed by atoms with E-state index in [9.17, 15) is 19.3 Å². The zero-order chi connectivity index (χ0) is 14.7. The van der Waals surface area contributed by atoms with Crippen LogP contribution in [0.15, 0.2) is 18.2 Å². The number of benzene rings is 1. The maximum Gasteiger partial charge on any atom is 0.285 e. The molecule has 1 aromatic rings. The minimum absolute atomic E-state index is 0.107. The zero-order valence-electron chi connectivity index (χ0n) is 10.4. The smallest absolute Gasteiger partial charge is 0.285 e. The number of nitro benzene ring substituents is 1. The summed E-state index contributed by atoms with van der Waals surface area (Å²) in [6.07, 6.45) is 0. The summed E-state index contributed by atoms with van der Waals surface area (Å²) in [6.45, 7) is 1.10. The van der Waals surface area contributed by atoms with Crippen LogP contribution in [0.2, 0.25) is 0 Å². The molecular weight excluding hydrogens is 335 g/mol. The number of halogens is 2. The number of ether oxygens (including phenoxy) is 1. The molecule has 1 heterocycles. The van der Waals surface area contributed by atoms with Gasteiger partial charge in [0.05, 0.1) is 30.2 Å². The Hall–Kier alpha value is -1.54. The quantitative estimate of drug-likeness (QED) is 0.476. The Morgan fingerprint density at radius 1 is 1.60 bits per heavy atom. The van der Waals surface area contributed by atoms with E-state index >= 15 is 0 Å². The van der Waals surface area contributed by atoms with Gasteiger partial charge in [0, 0.05) is 11.9 Å². The van der Waals surface area contributed by atoms with Gasteiger partial charge in [0.2, 0.25) is 0 Å². The lowest BCUT2D eigenvalue weighted by Gasteiger charge is -2.34. The summed E-state index contributed by atoms with van der Waals surface area (Å²) < 4.78 is 18.4. The maximum atomic E-state index is 13.1. The predicted molar refractivity (Wildman–Crippen MR) is 72.5 cm³/mol. The number of nitro groups is 1. The third-order valence-corrected chi connectivity index (χ3v) is 3.80. The van der Waals surface area contributed by atoms with Crippen LogP contribution in [-0.4, -0.2) is 46.9 Å². The van der Waals surface area contributed by atoms with Crippen molar-refractivity contribution < 1.29 is 18.8 Å². The van der Waals surface area contributed by atoms with Gasteiger partial charge in [0.1, 0.15) is 11.4 Å². The molecule has 0 saturated carbocycles. The van der Waals surface area contributed by atoms with Crippen molar-refractivity contribution in [2.45, 2.75) is 6.04 Å². The molecule has 108 valence electrons. The van der Waals surface area contributed by atoms with Crippen molar-refractivity contribution in [3.63, 3.8) is 0 Å². The molecule has 0 radical (unpaired) electrons. The lowest BCUT2D eigenvalue weighted by Crippen LogP contribution is -2.49. The first-order valence-corrected chi connectivity index (χ1v) is 7.05. The highest BCUT2D eigenvalue weighted by Crippen LogP contribution is 2.23. The number of hydrogen-bond donors (Lipinski definition) is 0. The van der Waals surface area contributed by atoms with Gasteiger partial charge < -0.3 is 9.64 Å². The summed E-state index contributed by atoms with van der Waals surface area (Å²) in [4.78, 5) is 24.1. The number of morpholine rings is 1. The van der Waals surface area contributed by atoms with Crippen LogP contribution in [0.5, 0.6) is 0 Å². The summed E-state index contributed by atoms with van der Waals surface area (Å²) in [5, 5.41) is 11.5. The molecule has 1 amide bonds. The third-order valence-electron chi connectivity index (χ3n) is 3.05. The third kappa shape index (κ3) is 2.96. The number of amides is 1. The van der Waals surface area contributed by atoms with Crippen LogP contribution < -0.4 is 0 Å². The first kappa shape index (κ1) is 14.9. The number of alkyl halides is 1. The molecule has 2 rings (SSSR count). The molecule has 1 aliphatic rings. The average molecular weight is 347 g/mol. The number of nitrogens with zero attached hydrogens (tertiary/aromatic N) is 2. The molecule has 20 heavy (non-hydrogen) atoms. The van der Waals surface area contributed by atoms with Crippen LogP contribution in [0, 0.1) is 15.9 Å². The Kier molecular flexibility index (Phi) is 4.66. The maximum absolute atomic E-state index is 13.1. The highest BCUT2D eigenvalue weighted by molar-refractivity contribution is 9.09. The van der Waals surface area contributed by atoms with E-state index in [1.165, 1.54) is 4.90 Å². The molecule has 0 bridgehead atoms. The predicted octanol–water partition coefficient (Wildman–Crippen LogP) is 1.97. The lowest BCUT2D eigenvalue weighted by molar-refractivity contribution is -0.385. The monoisotopic (exact) mass is 346 g/mol. The van der Waals surface area contributed by atoms with Crippen molar-refractivity contribution in [1.29, 1.82) is 0 Å². The molecule has 0 N–H and O–H groups in total. The largest absolute Gasteiger partial charge is 0.377 e. The molecule has 1 fully saturated rings. The number of carbonyl (C=O) groups excluding carboxylic acids is 1. The second-order valence-corrected chi connectivity index (χ2v) is 4.95. The molecule has 1 atom stereocenters. The second-order valence-electron chi connectivity index (χ2n) is 4.30. The fourth-order valence-corrected chi connectivity index (χ4v) is 2.58. The van der Waals surface area contributed by atoms with E-state index in [-0.39, 0.29) is 11.6 Å². The number of rotatable bonds is 3. The minimum atomic E-state index is -0.750. The van der Waals surface area contributed by atoms with Crippen molar-refractivity contribution in [3.8, 4) is 0 Å². The molecule has 1 aliphatic heterocycles. The Morgan fingerprint density at radius 2 is 2.35 bits per heavy atom. The van der Waals surface area contributed by atoms with Gasteiger partial charge in [-0.25, -0.2) is 4.39 Å². The summed E-state index contributed by atoms with van der Waals surface area (Å²) in [5.74, 6) is -1.23. The van der Waals surface area contributed by atoms with Crippen molar-refractivity contribution in [2.75, 3.05) is 25.1 Å². The molecule has 8 heteroatoms. The van der Waals surface area contributed by atoms with Crippen LogP contribution >= 0.6 is 15.9 Å². The molecule has 0 spiro atoms. The van der Waals surface area contributed by atoms with Crippen molar-refractivity contribution in [3.05, 3.63) is 39.7 Å². The highest BCUT2D eigenvalue weighted by Gasteiger charge is 2.31. The van der Waals surface area contributed by atoms with Crippen molar-refractivity contribution in [1.82, 2.24) is 4.90 Å². The van der Waals surface area contributed by atoms with E-state index in [0.29, 0.717) is 25.1 Å². The first-order chi connectivity index (χ1) is 9.54. The zero-order valence-corrected chi connectivity index (χ0v) is 12.0. The first-order valence-electron chi connectivity index (χ1n) is 5.93. The van der Waals surface area contributed by atoms with Crippen molar-refractivity contribution >= 4 is 27.5 Å². The van der Waals surface area contributed by atoms with Gasteiger partial charge in [-0.05, 0) is 12.1 Å². The van der Waals surface area contributed by atoms with Crippen LogP contribution in [0.25, 0.3) is 0 Å². The minimum Gasteiger partial charge on any atom is -0.377 e. The van der Waals surface area contributed by atoms with E-state index in [2.05, 4.69) is 15.9 Å². The second kappa shape index (κ2) is 6.27. The average Bonchev–Trinajstić information content (AvgIpc) is 2.46. The van der Waals surface area contributed by atoms with Gasteiger partial charge in [-0.3, -0.25) is 14.9 Å². The summed E-state index contributed by atoms with van der Waals surface area (Å²) in [6, 6.07) is 2.76. The fourth-order valence-electron chi connectivity index (χ4n) is 2.04. The van der Waals surface area contributed by atoms with Crippen LogP contribution in [0.1, 0.15) is 10.4 Å². The standard InChI is InChI=1S/C12H12BrFN2O4/c13-6-9-7-20-4-3-15(9)12(17)10-2-1-8(14)5-11(10)16(18)19/h1-2,5,9H,3-4,6-7H2.